The summed E-state index contributed by atoms with van der Waals surface area (Å²) >= 11 is 0. The van der Waals surface area contributed by atoms with Crippen LogP contribution >= 0.6 is 24.0 Å². The van der Waals surface area contributed by atoms with E-state index in [0.29, 0.717) is 6.04 Å². The Morgan fingerprint density at radius 1 is 1.19 bits per heavy atom. The summed E-state index contributed by atoms with van der Waals surface area (Å²) < 4.78 is 0. The summed E-state index contributed by atoms with van der Waals surface area (Å²) in [4.78, 5) is 7.36. The molecule has 1 aromatic carbocycles. The van der Waals surface area contributed by atoms with E-state index in [-0.39, 0.29) is 24.0 Å². The van der Waals surface area contributed by atoms with Gasteiger partial charge in [0.25, 0.3) is 0 Å². The van der Waals surface area contributed by atoms with Crippen molar-refractivity contribution in [2.24, 2.45) is 10.9 Å². The zero-order chi connectivity index (χ0) is 18.1. The number of likely N-dealkylation sites (tertiary alicyclic amines) is 1. The van der Waals surface area contributed by atoms with E-state index in [9.17, 15) is 0 Å². The summed E-state index contributed by atoms with van der Waals surface area (Å²) in [5, 5.41) is 7.03. The highest BCUT2D eigenvalue weighted by Gasteiger charge is 2.20. The van der Waals surface area contributed by atoms with Crippen molar-refractivity contribution in [3.05, 3.63) is 35.4 Å². The molecule has 0 aromatic heterocycles. The molecule has 2 rings (SSSR count). The fourth-order valence-electron chi connectivity index (χ4n) is 3.34. The maximum absolute atomic E-state index is 4.77. The highest BCUT2D eigenvalue weighted by Crippen LogP contribution is 2.12. The fraction of sp³-hybridized carbons (Fsp3) is 0.667. The van der Waals surface area contributed by atoms with Crippen LogP contribution in [0.3, 0.4) is 0 Å². The average Bonchev–Trinajstić information content (AvgIpc) is 2.58. The zero-order valence-corrected chi connectivity index (χ0v) is 19.3. The molecule has 1 saturated heterocycles. The van der Waals surface area contributed by atoms with Crippen LogP contribution in [0.15, 0.2) is 29.3 Å². The normalized spacial score (nSPS) is 16.4. The number of aryl methyl sites for hydroxylation is 1. The highest BCUT2D eigenvalue weighted by atomic mass is 127. The molecule has 2 N–H and O–H groups in total. The number of piperidine rings is 1. The number of rotatable bonds is 7. The van der Waals surface area contributed by atoms with Gasteiger partial charge in [0.2, 0.25) is 0 Å². The topological polar surface area (TPSA) is 39.7 Å². The largest absolute Gasteiger partial charge is 0.357 e. The van der Waals surface area contributed by atoms with Crippen LogP contribution in [0.4, 0.5) is 0 Å². The zero-order valence-electron chi connectivity index (χ0n) is 16.9. The van der Waals surface area contributed by atoms with E-state index in [2.05, 4.69) is 67.5 Å². The first-order valence-corrected chi connectivity index (χ1v) is 9.89. The number of aliphatic imine (C=N–C) groups is 1. The quantitative estimate of drug-likeness (QED) is 0.360. The van der Waals surface area contributed by atoms with Crippen molar-refractivity contribution in [1.82, 2.24) is 15.5 Å². The summed E-state index contributed by atoms with van der Waals surface area (Å²) in [5.41, 5.74) is 2.67. The molecular weight excluding hydrogens is 435 g/mol. The number of guanidine groups is 1. The Bertz CT molecular complexity index is 519. The van der Waals surface area contributed by atoms with Gasteiger partial charge in [-0.25, -0.2) is 0 Å². The van der Waals surface area contributed by atoms with Gasteiger partial charge in [0.15, 0.2) is 5.96 Å². The molecule has 1 aromatic rings. The van der Waals surface area contributed by atoms with Gasteiger partial charge in [-0.1, -0.05) is 43.7 Å². The van der Waals surface area contributed by atoms with Crippen molar-refractivity contribution in [1.29, 1.82) is 0 Å². The van der Waals surface area contributed by atoms with Crippen LogP contribution in [0.5, 0.6) is 0 Å². The van der Waals surface area contributed by atoms with Gasteiger partial charge in [-0.2, -0.15) is 0 Å². The van der Waals surface area contributed by atoms with Gasteiger partial charge in [0.1, 0.15) is 0 Å². The molecule has 1 fully saturated rings. The first-order chi connectivity index (χ1) is 12.1. The van der Waals surface area contributed by atoms with Crippen LogP contribution in [0.1, 0.15) is 44.7 Å². The van der Waals surface area contributed by atoms with Crippen molar-refractivity contribution in [3.8, 4) is 0 Å². The summed E-state index contributed by atoms with van der Waals surface area (Å²) in [6.07, 6.45) is 3.40. The smallest absolute Gasteiger partial charge is 0.191 e. The number of nitrogens with zero attached hydrogens (tertiary/aromatic N) is 2. The Morgan fingerprint density at radius 2 is 1.85 bits per heavy atom. The molecular formula is C21H37IN4. The van der Waals surface area contributed by atoms with E-state index in [0.717, 1.165) is 31.4 Å². The van der Waals surface area contributed by atoms with Crippen LogP contribution in [0.2, 0.25) is 0 Å². The summed E-state index contributed by atoms with van der Waals surface area (Å²) in [6.45, 7) is 14.2. The monoisotopic (exact) mass is 472 g/mol. The van der Waals surface area contributed by atoms with Gasteiger partial charge in [0.05, 0.1) is 0 Å². The van der Waals surface area contributed by atoms with E-state index in [1.165, 1.54) is 43.6 Å². The maximum Gasteiger partial charge on any atom is 0.191 e. The van der Waals surface area contributed by atoms with E-state index in [1.807, 2.05) is 0 Å². The summed E-state index contributed by atoms with van der Waals surface area (Å²) in [6, 6.07) is 9.30. The van der Waals surface area contributed by atoms with Crippen molar-refractivity contribution in [2.45, 2.75) is 53.0 Å². The maximum atomic E-state index is 4.77. The molecule has 1 aliphatic heterocycles. The lowest BCUT2D eigenvalue weighted by molar-refractivity contribution is 0.187. The number of hydrogen-bond acceptors (Lipinski definition) is 2. The molecule has 0 amide bonds. The Balaban J connectivity index is 0.00000338. The SMILES string of the molecule is CCNC(=NCCc1ccc(C)cc1)NC1CCN(CC(C)C)CC1.I. The first kappa shape index (κ1) is 23.2. The summed E-state index contributed by atoms with van der Waals surface area (Å²) in [5.74, 6) is 1.72. The molecule has 0 bridgehead atoms. The molecule has 0 saturated carbocycles. The second-order valence-electron chi connectivity index (χ2n) is 7.61. The highest BCUT2D eigenvalue weighted by molar-refractivity contribution is 14.0. The van der Waals surface area contributed by atoms with Crippen molar-refractivity contribution < 1.29 is 0 Å². The average molecular weight is 472 g/mol. The second-order valence-corrected chi connectivity index (χ2v) is 7.61. The van der Waals surface area contributed by atoms with Crippen LogP contribution < -0.4 is 10.6 Å². The molecule has 0 aliphatic carbocycles. The predicted octanol–water partition coefficient (Wildman–Crippen LogP) is 3.83. The third-order valence-electron chi connectivity index (χ3n) is 4.69. The third-order valence-corrected chi connectivity index (χ3v) is 4.69. The predicted molar refractivity (Wildman–Crippen MR) is 124 cm³/mol. The van der Waals surface area contributed by atoms with Gasteiger partial charge < -0.3 is 15.5 Å². The van der Waals surface area contributed by atoms with E-state index in [1.54, 1.807) is 0 Å². The molecule has 0 atom stereocenters. The van der Waals surface area contributed by atoms with Crippen LogP contribution in [-0.2, 0) is 6.42 Å². The lowest BCUT2D eigenvalue weighted by Crippen LogP contribution is -2.49. The molecule has 0 unspecified atom stereocenters. The van der Waals surface area contributed by atoms with E-state index in [4.69, 9.17) is 4.99 Å². The molecule has 5 heteroatoms. The van der Waals surface area contributed by atoms with Crippen LogP contribution in [-0.4, -0.2) is 49.6 Å². The number of benzene rings is 1. The minimum atomic E-state index is 0. The minimum Gasteiger partial charge on any atom is -0.357 e. The van der Waals surface area contributed by atoms with Gasteiger partial charge in [-0.05, 0) is 44.6 Å². The van der Waals surface area contributed by atoms with E-state index < -0.39 is 0 Å². The third kappa shape index (κ3) is 8.71. The Labute approximate surface area is 177 Å². The lowest BCUT2D eigenvalue weighted by Gasteiger charge is -2.34. The molecule has 1 heterocycles. The number of hydrogen-bond donors (Lipinski definition) is 2. The molecule has 1 aliphatic rings. The van der Waals surface area contributed by atoms with Crippen LogP contribution in [0.25, 0.3) is 0 Å². The Kier molecular flexibility index (Phi) is 11.2. The second kappa shape index (κ2) is 12.5. The lowest BCUT2D eigenvalue weighted by atomic mass is 10.0. The number of halogens is 1. The molecule has 0 spiro atoms. The van der Waals surface area contributed by atoms with Crippen molar-refractivity contribution in [3.63, 3.8) is 0 Å². The van der Waals surface area contributed by atoms with E-state index >= 15 is 0 Å². The number of nitrogens with one attached hydrogen (secondary N) is 2. The van der Waals surface area contributed by atoms with Gasteiger partial charge in [-0.3, -0.25) is 4.99 Å². The standard InChI is InChI=1S/C21H36N4.HI/c1-5-22-21(23-13-10-19-8-6-18(4)7-9-19)24-20-11-14-25(15-12-20)16-17(2)3;/h6-9,17,20H,5,10-16H2,1-4H3,(H2,22,23,24);1H. The molecule has 148 valence electrons. The summed E-state index contributed by atoms with van der Waals surface area (Å²) in [7, 11) is 0. The molecule has 4 nitrogen and oxygen atoms in total. The minimum absolute atomic E-state index is 0. The van der Waals surface area contributed by atoms with Crippen molar-refractivity contribution in [2.75, 3.05) is 32.7 Å². The van der Waals surface area contributed by atoms with Crippen LogP contribution in [0, 0.1) is 12.8 Å². The molecule has 0 radical (unpaired) electrons. The van der Waals surface area contributed by atoms with Crippen molar-refractivity contribution >= 4 is 29.9 Å². The van der Waals surface area contributed by atoms with Gasteiger partial charge >= 0.3 is 0 Å². The fourth-order valence-corrected chi connectivity index (χ4v) is 3.34. The Morgan fingerprint density at radius 3 is 2.42 bits per heavy atom. The molecule has 26 heavy (non-hydrogen) atoms. The Hall–Kier alpha value is -0.820. The van der Waals surface area contributed by atoms with Gasteiger partial charge in [-0.15, -0.1) is 24.0 Å². The van der Waals surface area contributed by atoms with Gasteiger partial charge in [0, 0.05) is 38.8 Å². The first-order valence-electron chi connectivity index (χ1n) is 9.89.